The maximum Gasteiger partial charge on any atom is 0.407 e. The molecule has 11 heteroatoms. The number of nitrogens with zero attached hydrogens (tertiary/aromatic N) is 5. The maximum absolute atomic E-state index is 13.1. The average molecular weight is 689 g/mol. The van der Waals surface area contributed by atoms with Gasteiger partial charge in [-0.05, 0) is 54.3 Å². The lowest BCUT2D eigenvalue weighted by Crippen LogP contribution is -2.71. The summed E-state index contributed by atoms with van der Waals surface area (Å²) < 4.78 is 13.4. The van der Waals surface area contributed by atoms with Gasteiger partial charge in [-0.3, -0.25) is 4.90 Å². The Balaban J connectivity index is 1.54. The fraction of sp³-hybridized carbons (Fsp3) is 0.553. The van der Waals surface area contributed by atoms with Crippen LogP contribution in [-0.4, -0.2) is 105 Å². The van der Waals surface area contributed by atoms with Crippen molar-refractivity contribution in [3.63, 3.8) is 0 Å². The van der Waals surface area contributed by atoms with Crippen LogP contribution in [0.2, 0.25) is 5.04 Å². The van der Waals surface area contributed by atoms with Crippen LogP contribution in [0.3, 0.4) is 0 Å². The number of aromatic nitrogens is 2. The zero-order valence-electron chi connectivity index (χ0n) is 30.8. The van der Waals surface area contributed by atoms with Crippen molar-refractivity contribution in [1.29, 1.82) is 0 Å². The van der Waals surface area contributed by atoms with E-state index in [1.165, 1.54) is 10.4 Å². The molecule has 1 unspecified atom stereocenters. The highest BCUT2D eigenvalue weighted by atomic mass is 28.4. The molecule has 1 atom stereocenters. The summed E-state index contributed by atoms with van der Waals surface area (Å²) >= 11 is 0. The molecule has 0 saturated carbocycles. The first kappa shape index (κ1) is 36.8. The number of carboxylic acid groups (broad SMARTS) is 1. The third-order valence-corrected chi connectivity index (χ3v) is 15.4. The summed E-state index contributed by atoms with van der Waals surface area (Å²) in [6.45, 7) is 17.8. The third-order valence-electron chi connectivity index (χ3n) is 10.4. The van der Waals surface area contributed by atoms with Crippen molar-refractivity contribution in [3.05, 3.63) is 71.9 Å². The average Bonchev–Trinajstić information content (AvgIpc) is 3.05. The van der Waals surface area contributed by atoms with Crippen LogP contribution in [0.25, 0.3) is 0 Å². The van der Waals surface area contributed by atoms with Crippen molar-refractivity contribution in [3.8, 4) is 6.01 Å². The summed E-state index contributed by atoms with van der Waals surface area (Å²) in [4.78, 5) is 28.9. The fourth-order valence-corrected chi connectivity index (χ4v) is 12.3. The Morgan fingerprint density at radius 1 is 0.959 bits per heavy atom. The van der Waals surface area contributed by atoms with E-state index in [0.717, 1.165) is 36.6 Å². The minimum atomic E-state index is -2.83. The fourth-order valence-electron chi connectivity index (χ4n) is 7.70. The van der Waals surface area contributed by atoms with Gasteiger partial charge in [-0.2, -0.15) is 9.97 Å². The van der Waals surface area contributed by atoms with E-state index in [4.69, 9.17) is 19.1 Å². The molecule has 1 amide bonds. The highest BCUT2D eigenvalue weighted by Gasteiger charge is 2.54. The highest BCUT2D eigenvalue weighted by Crippen LogP contribution is 2.44. The minimum absolute atomic E-state index is 0.188. The van der Waals surface area contributed by atoms with E-state index in [1.54, 1.807) is 4.90 Å². The second-order valence-corrected chi connectivity index (χ2v) is 20.0. The molecule has 0 radical (unpaired) electrons. The molecule has 2 aromatic carbocycles. The smallest absolute Gasteiger partial charge is 0.407 e. The van der Waals surface area contributed by atoms with E-state index in [1.807, 2.05) is 26.2 Å². The van der Waals surface area contributed by atoms with Crippen molar-refractivity contribution in [1.82, 2.24) is 25.1 Å². The van der Waals surface area contributed by atoms with Gasteiger partial charge in [0.25, 0.3) is 8.32 Å². The number of hydrogen-bond acceptors (Lipinski definition) is 8. The van der Waals surface area contributed by atoms with Crippen LogP contribution in [0.1, 0.15) is 59.2 Å². The van der Waals surface area contributed by atoms with Gasteiger partial charge in [0.05, 0.1) is 11.2 Å². The quantitative estimate of drug-likeness (QED) is 0.280. The Kier molecular flexibility index (Phi) is 11.1. The van der Waals surface area contributed by atoms with Crippen molar-refractivity contribution in [2.75, 3.05) is 64.9 Å². The molecule has 2 aliphatic heterocycles. The van der Waals surface area contributed by atoms with Crippen molar-refractivity contribution < 1.29 is 19.1 Å². The molecule has 1 saturated heterocycles. The second kappa shape index (κ2) is 14.8. The molecule has 3 aromatic rings. The van der Waals surface area contributed by atoms with E-state index in [2.05, 4.69) is 105 Å². The molecule has 266 valence electrons. The van der Waals surface area contributed by atoms with E-state index < -0.39 is 25.4 Å². The number of ether oxygens (including phenoxy) is 1. The molecule has 0 aliphatic carbocycles. The molecule has 5 rings (SSSR count). The number of hydrogen-bond donors (Lipinski definition) is 2. The molecule has 1 fully saturated rings. The van der Waals surface area contributed by atoms with Crippen LogP contribution in [0.4, 0.5) is 10.6 Å². The lowest BCUT2D eigenvalue weighted by molar-refractivity contribution is -0.0200. The molecule has 10 nitrogen and oxygen atoms in total. The monoisotopic (exact) mass is 688 g/mol. The molecule has 2 N–H and O–H groups in total. The summed E-state index contributed by atoms with van der Waals surface area (Å²) in [5.41, 5.74) is 0.888. The van der Waals surface area contributed by atoms with E-state index in [9.17, 15) is 9.90 Å². The Hall–Kier alpha value is -3.51. The molecule has 49 heavy (non-hydrogen) atoms. The van der Waals surface area contributed by atoms with Gasteiger partial charge in [0.15, 0.2) is 0 Å². The van der Waals surface area contributed by atoms with Gasteiger partial charge in [-0.1, -0.05) is 102 Å². The molecular formula is C38H56N6O4Si. The van der Waals surface area contributed by atoms with Gasteiger partial charge in [0.2, 0.25) is 0 Å². The summed E-state index contributed by atoms with van der Waals surface area (Å²) in [6, 6.07) is 21.6. The van der Waals surface area contributed by atoms with Crippen molar-refractivity contribution in [2.45, 2.75) is 71.5 Å². The summed E-state index contributed by atoms with van der Waals surface area (Å²) in [6.07, 6.45) is 0.438. The van der Waals surface area contributed by atoms with Crippen LogP contribution >= 0.6 is 0 Å². The zero-order chi connectivity index (χ0) is 35.5. The van der Waals surface area contributed by atoms with Crippen LogP contribution in [0.15, 0.2) is 60.7 Å². The SMILES string of the molecule is CN(C)CCOc1nc2c(c(N3CCN(C(=O)O)C(CCO[Si](c4ccccc4)(c4ccccc4)C(C)(C)C)(C(C)(C)C)C3)n1)CCNC2. The van der Waals surface area contributed by atoms with Crippen LogP contribution in [-0.2, 0) is 17.4 Å². The molecule has 0 spiro atoms. The Labute approximate surface area is 294 Å². The van der Waals surface area contributed by atoms with Gasteiger partial charge < -0.3 is 29.4 Å². The van der Waals surface area contributed by atoms with E-state index in [0.29, 0.717) is 51.8 Å². The minimum Gasteiger partial charge on any atom is -0.465 e. The standard InChI is InChI=1S/C38H56N6O4Si/c1-36(2,3)38(20-25-48-49(37(4,5)6,29-15-11-9-12-16-29)30-17-13-10-14-18-30)28-43(22-23-44(38)35(45)46)33-31-19-21-39-27-32(31)40-34(41-33)47-26-24-42(7)8/h9-18,39H,19-28H2,1-8H3,(H,45,46). The maximum atomic E-state index is 13.1. The first-order valence-corrected chi connectivity index (χ1v) is 19.5. The summed E-state index contributed by atoms with van der Waals surface area (Å²) in [7, 11) is 1.19. The number of amides is 1. The number of anilines is 1. The normalized spacial score (nSPS) is 18.8. The molecule has 1 aromatic heterocycles. The van der Waals surface area contributed by atoms with Gasteiger partial charge in [0, 0.05) is 44.9 Å². The number of carbonyl (C=O) groups is 1. The van der Waals surface area contributed by atoms with Crippen molar-refractivity contribution in [2.24, 2.45) is 5.41 Å². The topological polar surface area (TPSA) is 103 Å². The van der Waals surface area contributed by atoms with Crippen LogP contribution in [0.5, 0.6) is 6.01 Å². The Morgan fingerprint density at radius 3 is 2.14 bits per heavy atom. The Bertz CT molecular complexity index is 1520. The van der Waals surface area contributed by atoms with E-state index >= 15 is 0 Å². The third kappa shape index (κ3) is 7.50. The predicted molar refractivity (Wildman–Crippen MR) is 199 cm³/mol. The first-order valence-electron chi connectivity index (χ1n) is 17.6. The van der Waals surface area contributed by atoms with Gasteiger partial charge in [-0.15, -0.1) is 0 Å². The number of rotatable bonds is 11. The Morgan fingerprint density at radius 2 is 1.59 bits per heavy atom. The molecule has 0 bridgehead atoms. The first-order chi connectivity index (χ1) is 23.2. The van der Waals surface area contributed by atoms with Crippen LogP contribution in [0, 0.1) is 5.41 Å². The molecule has 3 heterocycles. The molecule has 2 aliphatic rings. The largest absolute Gasteiger partial charge is 0.465 e. The number of nitrogens with one attached hydrogen (secondary N) is 1. The molecular weight excluding hydrogens is 633 g/mol. The lowest BCUT2D eigenvalue weighted by atomic mass is 9.69. The van der Waals surface area contributed by atoms with Gasteiger partial charge >= 0.3 is 12.1 Å². The number of piperazine rings is 1. The van der Waals surface area contributed by atoms with Gasteiger partial charge in [-0.25, -0.2) is 4.79 Å². The lowest BCUT2D eigenvalue weighted by Gasteiger charge is -2.57. The highest BCUT2D eigenvalue weighted by molar-refractivity contribution is 6.99. The van der Waals surface area contributed by atoms with Crippen LogP contribution < -0.4 is 25.3 Å². The zero-order valence-corrected chi connectivity index (χ0v) is 31.8. The summed E-state index contributed by atoms with van der Waals surface area (Å²) in [5, 5.41) is 16.4. The van der Waals surface area contributed by atoms with E-state index in [-0.39, 0.29) is 5.04 Å². The number of fused-ring (bicyclic) bond motifs is 1. The predicted octanol–water partition coefficient (Wildman–Crippen LogP) is 4.61. The second-order valence-electron chi connectivity index (χ2n) is 15.7. The number of likely N-dealkylation sites (N-methyl/N-ethyl adjacent to an activating group) is 1. The number of benzene rings is 2. The summed E-state index contributed by atoms with van der Waals surface area (Å²) in [5.74, 6) is 0.859. The van der Waals surface area contributed by atoms with Gasteiger partial charge in [0.1, 0.15) is 12.4 Å². The van der Waals surface area contributed by atoms with Crippen molar-refractivity contribution >= 4 is 30.6 Å².